The molecule has 4 atom stereocenters. The number of hydrogen-bond donors (Lipinski definition) is 2. The van der Waals surface area contributed by atoms with E-state index in [9.17, 15) is 9.90 Å². The Hall–Kier alpha value is -0.610. The lowest BCUT2D eigenvalue weighted by Gasteiger charge is -2.38. The third-order valence-corrected chi connectivity index (χ3v) is 4.62. The van der Waals surface area contributed by atoms with Crippen molar-refractivity contribution in [3.63, 3.8) is 0 Å². The fourth-order valence-electron chi connectivity index (χ4n) is 3.02. The molecular formula is C14H26N2O2. The Morgan fingerprint density at radius 2 is 2.22 bits per heavy atom. The molecule has 0 aromatic carbocycles. The highest BCUT2D eigenvalue weighted by atomic mass is 16.3. The number of β-amino-alcohol motifs (C(OH)–C–C–N with tert-alkyl or cyclic N) is 1. The van der Waals surface area contributed by atoms with Crippen LogP contribution in [0.2, 0.25) is 0 Å². The van der Waals surface area contributed by atoms with Crippen molar-refractivity contribution in [2.75, 3.05) is 19.6 Å². The van der Waals surface area contributed by atoms with Crippen LogP contribution >= 0.6 is 0 Å². The topological polar surface area (TPSA) is 52.6 Å². The highest BCUT2D eigenvalue weighted by Gasteiger charge is 2.33. The first-order valence-electron chi connectivity index (χ1n) is 7.32. The molecule has 0 spiro atoms. The van der Waals surface area contributed by atoms with Crippen molar-refractivity contribution in [1.29, 1.82) is 0 Å². The van der Waals surface area contributed by atoms with Gasteiger partial charge in [-0.25, -0.2) is 0 Å². The molecule has 2 aliphatic heterocycles. The molecule has 2 rings (SSSR count). The molecule has 0 aromatic heterocycles. The Balaban J connectivity index is 1.90. The Kier molecular flexibility index (Phi) is 4.62. The van der Waals surface area contributed by atoms with E-state index in [0.717, 1.165) is 32.4 Å². The van der Waals surface area contributed by atoms with E-state index in [1.54, 1.807) is 0 Å². The molecular weight excluding hydrogens is 228 g/mol. The van der Waals surface area contributed by atoms with Crippen molar-refractivity contribution in [2.45, 2.75) is 51.7 Å². The fourth-order valence-corrected chi connectivity index (χ4v) is 3.02. The molecule has 0 radical (unpaired) electrons. The Morgan fingerprint density at radius 1 is 1.44 bits per heavy atom. The Bertz CT molecular complexity index is 288. The quantitative estimate of drug-likeness (QED) is 0.773. The van der Waals surface area contributed by atoms with Gasteiger partial charge in [-0.1, -0.05) is 20.3 Å². The van der Waals surface area contributed by atoms with Gasteiger partial charge in [-0.2, -0.15) is 0 Å². The molecule has 1 amide bonds. The average molecular weight is 254 g/mol. The van der Waals surface area contributed by atoms with Gasteiger partial charge in [0.15, 0.2) is 0 Å². The molecule has 2 fully saturated rings. The van der Waals surface area contributed by atoms with Gasteiger partial charge in [0, 0.05) is 13.1 Å². The van der Waals surface area contributed by atoms with E-state index in [4.69, 9.17) is 0 Å². The average Bonchev–Trinajstić information content (AvgIpc) is 2.41. The number of rotatable bonds is 2. The summed E-state index contributed by atoms with van der Waals surface area (Å²) >= 11 is 0. The minimum absolute atomic E-state index is 0.0238. The van der Waals surface area contributed by atoms with Gasteiger partial charge in [-0.05, 0) is 37.6 Å². The van der Waals surface area contributed by atoms with Crippen LogP contribution in [0.3, 0.4) is 0 Å². The normalized spacial score (nSPS) is 37.6. The summed E-state index contributed by atoms with van der Waals surface area (Å²) in [6.07, 6.45) is 3.85. The minimum Gasteiger partial charge on any atom is -0.391 e. The summed E-state index contributed by atoms with van der Waals surface area (Å²) in [5, 5.41) is 13.2. The summed E-state index contributed by atoms with van der Waals surface area (Å²) in [5.74, 6) is 1.18. The van der Waals surface area contributed by atoms with Gasteiger partial charge in [0.25, 0.3) is 0 Å². The second kappa shape index (κ2) is 6.02. The Labute approximate surface area is 110 Å². The van der Waals surface area contributed by atoms with Crippen LogP contribution in [-0.4, -0.2) is 47.7 Å². The van der Waals surface area contributed by atoms with Crippen LogP contribution in [0.5, 0.6) is 0 Å². The zero-order valence-electron chi connectivity index (χ0n) is 11.6. The first kappa shape index (κ1) is 13.8. The first-order valence-corrected chi connectivity index (χ1v) is 7.32. The minimum atomic E-state index is -0.353. The van der Waals surface area contributed by atoms with Crippen LogP contribution in [0, 0.1) is 11.8 Å². The summed E-state index contributed by atoms with van der Waals surface area (Å²) in [7, 11) is 0. The van der Waals surface area contributed by atoms with Gasteiger partial charge < -0.3 is 15.3 Å². The van der Waals surface area contributed by atoms with E-state index in [1.165, 1.54) is 6.42 Å². The lowest BCUT2D eigenvalue weighted by molar-refractivity contribution is -0.138. The van der Waals surface area contributed by atoms with E-state index in [1.807, 2.05) is 4.90 Å². The molecule has 2 N–H and O–H groups in total. The third-order valence-electron chi connectivity index (χ3n) is 4.62. The second-order valence-corrected chi connectivity index (χ2v) is 5.92. The highest BCUT2D eigenvalue weighted by Crippen LogP contribution is 2.23. The van der Waals surface area contributed by atoms with Gasteiger partial charge in [0.1, 0.15) is 0 Å². The molecule has 0 bridgehead atoms. The number of likely N-dealkylation sites (tertiary alicyclic amines) is 1. The zero-order chi connectivity index (χ0) is 13.1. The molecule has 0 aromatic rings. The van der Waals surface area contributed by atoms with Crippen molar-refractivity contribution < 1.29 is 9.90 Å². The molecule has 2 aliphatic rings. The van der Waals surface area contributed by atoms with Gasteiger partial charge >= 0.3 is 0 Å². The standard InChI is InChI=1S/C14H26N2O2/c1-3-11-4-6-15-12(8-11)14(18)16-7-5-10(2)13(17)9-16/h10-13,15,17H,3-9H2,1-2H3. The predicted molar refractivity (Wildman–Crippen MR) is 71.2 cm³/mol. The van der Waals surface area contributed by atoms with E-state index < -0.39 is 0 Å². The van der Waals surface area contributed by atoms with Crippen molar-refractivity contribution >= 4 is 5.91 Å². The van der Waals surface area contributed by atoms with Crippen LogP contribution < -0.4 is 5.32 Å². The summed E-state index contributed by atoms with van der Waals surface area (Å²) in [6, 6.07) is -0.0238. The summed E-state index contributed by atoms with van der Waals surface area (Å²) < 4.78 is 0. The zero-order valence-corrected chi connectivity index (χ0v) is 11.6. The molecule has 0 saturated carbocycles. The lowest BCUT2D eigenvalue weighted by atomic mass is 9.89. The maximum atomic E-state index is 12.4. The van der Waals surface area contributed by atoms with Crippen molar-refractivity contribution in [3.8, 4) is 0 Å². The first-order chi connectivity index (χ1) is 8.61. The molecule has 0 aliphatic carbocycles. The van der Waals surface area contributed by atoms with E-state index in [0.29, 0.717) is 18.4 Å². The van der Waals surface area contributed by atoms with Crippen LogP contribution in [-0.2, 0) is 4.79 Å². The van der Waals surface area contributed by atoms with Gasteiger partial charge in [0.05, 0.1) is 12.1 Å². The third kappa shape index (κ3) is 3.04. The number of amides is 1. The number of carbonyl (C=O) groups is 1. The molecule has 4 nitrogen and oxygen atoms in total. The smallest absolute Gasteiger partial charge is 0.239 e. The second-order valence-electron chi connectivity index (χ2n) is 5.92. The largest absolute Gasteiger partial charge is 0.391 e. The van der Waals surface area contributed by atoms with Gasteiger partial charge in [0.2, 0.25) is 5.91 Å². The maximum Gasteiger partial charge on any atom is 0.239 e. The number of hydrogen-bond acceptors (Lipinski definition) is 3. The van der Waals surface area contributed by atoms with Crippen molar-refractivity contribution in [3.05, 3.63) is 0 Å². The van der Waals surface area contributed by atoms with Crippen LogP contribution in [0.1, 0.15) is 39.5 Å². The monoisotopic (exact) mass is 254 g/mol. The van der Waals surface area contributed by atoms with E-state index >= 15 is 0 Å². The number of carbonyl (C=O) groups excluding carboxylic acids is 1. The highest BCUT2D eigenvalue weighted by molar-refractivity contribution is 5.82. The van der Waals surface area contributed by atoms with Crippen LogP contribution in [0.4, 0.5) is 0 Å². The summed E-state index contributed by atoms with van der Waals surface area (Å²) in [4.78, 5) is 14.3. The lowest BCUT2D eigenvalue weighted by Crippen LogP contribution is -2.54. The molecule has 104 valence electrons. The molecule has 18 heavy (non-hydrogen) atoms. The fraction of sp³-hybridized carbons (Fsp3) is 0.929. The SMILES string of the molecule is CCC1CCNC(C(=O)N2CCC(C)C(O)C2)C1. The number of aliphatic hydroxyl groups is 1. The number of nitrogens with zero attached hydrogens (tertiary/aromatic N) is 1. The van der Waals surface area contributed by atoms with Crippen LogP contribution in [0.15, 0.2) is 0 Å². The summed E-state index contributed by atoms with van der Waals surface area (Å²) in [6.45, 7) is 6.50. The molecule has 2 heterocycles. The maximum absolute atomic E-state index is 12.4. The number of piperidine rings is 2. The molecule has 4 heteroatoms. The number of aliphatic hydroxyl groups excluding tert-OH is 1. The van der Waals surface area contributed by atoms with Crippen molar-refractivity contribution in [2.24, 2.45) is 11.8 Å². The van der Waals surface area contributed by atoms with Crippen LogP contribution in [0.25, 0.3) is 0 Å². The van der Waals surface area contributed by atoms with E-state index in [-0.39, 0.29) is 18.1 Å². The molecule has 2 saturated heterocycles. The Morgan fingerprint density at radius 3 is 2.89 bits per heavy atom. The van der Waals surface area contributed by atoms with Gasteiger partial charge in [-0.3, -0.25) is 4.79 Å². The summed E-state index contributed by atoms with van der Waals surface area (Å²) in [5.41, 5.74) is 0. The van der Waals surface area contributed by atoms with E-state index in [2.05, 4.69) is 19.2 Å². The van der Waals surface area contributed by atoms with Crippen molar-refractivity contribution in [1.82, 2.24) is 10.2 Å². The predicted octanol–water partition coefficient (Wildman–Crippen LogP) is 0.994. The number of nitrogens with one attached hydrogen (secondary N) is 1. The molecule has 4 unspecified atom stereocenters. The van der Waals surface area contributed by atoms with Gasteiger partial charge in [-0.15, -0.1) is 0 Å².